The summed E-state index contributed by atoms with van der Waals surface area (Å²) < 4.78 is 14.5. The number of halogens is 3. The molecule has 1 N–H and O–H groups in total. The van der Waals surface area contributed by atoms with E-state index in [0.717, 1.165) is 13.7 Å². The summed E-state index contributed by atoms with van der Waals surface area (Å²) in [7, 11) is 0. The largest absolute Gasteiger partial charge is 0.354 e. The van der Waals surface area contributed by atoms with E-state index in [4.69, 9.17) is 5.26 Å². The van der Waals surface area contributed by atoms with Crippen molar-refractivity contribution >= 4 is 49.9 Å². The molecule has 0 aliphatic carbocycles. The predicted molar refractivity (Wildman–Crippen MR) is 81.3 cm³/mol. The minimum Gasteiger partial charge on any atom is -0.354 e. The molecule has 0 amide bonds. The molecule has 90 valence electrons. The van der Waals surface area contributed by atoms with Crippen LogP contribution >= 0.6 is 38.5 Å². The Labute approximate surface area is 126 Å². The summed E-state index contributed by atoms with van der Waals surface area (Å²) in [6.07, 6.45) is 0. The third-order valence-corrected chi connectivity index (χ3v) is 3.88. The standard InChI is InChI=1S/C13H7BrFIN2/c14-10-2-1-3-12(9(10)7-17)18-13-5-4-8(15)6-11(13)16/h1-6,18H. The number of hydrogen-bond donors (Lipinski definition) is 1. The average molecular weight is 417 g/mol. The van der Waals surface area contributed by atoms with Gasteiger partial charge in [-0.25, -0.2) is 4.39 Å². The van der Waals surface area contributed by atoms with Crippen LogP contribution < -0.4 is 5.32 Å². The van der Waals surface area contributed by atoms with E-state index in [2.05, 4.69) is 27.3 Å². The van der Waals surface area contributed by atoms with E-state index in [1.807, 2.05) is 34.7 Å². The normalized spacial score (nSPS) is 9.89. The second-order valence-electron chi connectivity index (χ2n) is 3.52. The molecule has 0 atom stereocenters. The van der Waals surface area contributed by atoms with Crippen molar-refractivity contribution in [2.45, 2.75) is 0 Å². The van der Waals surface area contributed by atoms with Gasteiger partial charge in [0.2, 0.25) is 0 Å². The van der Waals surface area contributed by atoms with Crippen LogP contribution in [0.15, 0.2) is 40.9 Å². The van der Waals surface area contributed by atoms with Crippen molar-refractivity contribution < 1.29 is 4.39 Å². The highest BCUT2D eigenvalue weighted by atomic mass is 127. The third kappa shape index (κ3) is 2.82. The van der Waals surface area contributed by atoms with E-state index < -0.39 is 0 Å². The average Bonchev–Trinajstić information content (AvgIpc) is 2.33. The molecule has 0 fully saturated rings. The van der Waals surface area contributed by atoms with E-state index >= 15 is 0 Å². The van der Waals surface area contributed by atoms with Crippen LogP contribution in [0.2, 0.25) is 0 Å². The molecule has 2 aromatic rings. The second kappa shape index (κ2) is 5.67. The Hall–Kier alpha value is -1.13. The van der Waals surface area contributed by atoms with Gasteiger partial charge >= 0.3 is 0 Å². The van der Waals surface area contributed by atoms with Crippen LogP contribution in [-0.2, 0) is 0 Å². The summed E-state index contributed by atoms with van der Waals surface area (Å²) in [5, 5.41) is 12.2. The fraction of sp³-hybridized carbons (Fsp3) is 0. The Morgan fingerprint density at radius 3 is 2.67 bits per heavy atom. The molecule has 0 aliphatic heterocycles. The molecule has 0 saturated heterocycles. The summed E-state index contributed by atoms with van der Waals surface area (Å²) in [4.78, 5) is 0. The zero-order chi connectivity index (χ0) is 13.1. The molecule has 0 saturated carbocycles. The van der Waals surface area contributed by atoms with Gasteiger partial charge in [0.05, 0.1) is 16.9 Å². The van der Waals surface area contributed by atoms with Gasteiger partial charge < -0.3 is 5.32 Å². The molecule has 2 aromatic carbocycles. The Kier molecular flexibility index (Phi) is 4.19. The first kappa shape index (κ1) is 13.3. The maximum Gasteiger partial charge on any atom is 0.124 e. The molecule has 0 aliphatic rings. The van der Waals surface area contributed by atoms with Crippen LogP contribution in [0.3, 0.4) is 0 Å². The van der Waals surface area contributed by atoms with Gasteiger partial charge in [0.1, 0.15) is 11.9 Å². The smallest absolute Gasteiger partial charge is 0.124 e. The number of nitrogens with zero attached hydrogens (tertiary/aromatic N) is 1. The predicted octanol–water partition coefficient (Wildman–Crippen LogP) is 4.81. The fourth-order valence-corrected chi connectivity index (χ4v) is 2.54. The first-order valence-corrected chi connectivity index (χ1v) is 6.89. The van der Waals surface area contributed by atoms with Crippen LogP contribution in [0.4, 0.5) is 15.8 Å². The van der Waals surface area contributed by atoms with E-state index in [0.29, 0.717) is 11.3 Å². The molecule has 0 spiro atoms. The van der Waals surface area contributed by atoms with Crippen molar-refractivity contribution in [2.75, 3.05) is 5.32 Å². The number of rotatable bonds is 2. The highest BCUT2D eigenvalue weighted by Gasteiger charge is 2.08. The van der Waals surface area contributed by atoms with Crippen molar-refractivity contribution in [3.05, 3.63) is 55.8 Å². The summed E-state index contributed by atoms with van der Waals surface area (Å²) >= 11 is 5.37. The second-order valence-corrected chi connectivity index (χ2v) is 5.54. The van der Waals surface area contributed by atoms with Gasteiger partial charge in [-0.05, 0) is 68.9 Å². The lowest BCUT2D eigenvalue weighted by molar-refractivity contribution is 0.627. The maximum absolute atomic E-state index is 13.0. The quantitative estimate of drug-likeness (QED) is 0.713. The minimum atomic E-state index is -0.278. The van der Waals surface area contributed by atoms with E-state index in [1.165, 1.54) is 12.1 Å². The Morgan fingerprint density at radius 2 is 2.00 bits per heavy atom. The SMILES string of the molecule is N#Cc1c(Br)cccc1Nc1ccc(F)cc1I. The number of anilines is 2. The zero-order valence-corrected chi connectivity index (χ0v) is 12.8. The number of benzene rings is 2. The van der Waals surface area contributed by atoms with Crippen molar-refractivity contribution in [2.24, 2.45) is 0 Å². The summed E-state index contributed by atoms with van der Waals surface area (Å²) in [6, 6.07) is 12.1. The Balaban J connectivity index is 2.41. The summed E-state index contributed by atoms with van der Waals surface area (Å²) in [5.74, 6) is -0.278. The molecule has 0 radical (unpaired) electrons. The topological polar surface area (TPSA) is 35.8 Å². The van der Waals surface area contributed by atoms with Gasteiger partial charge in [-0.1, -0.05) is 6.07 Å². The molecule has 18 heavy (non-hydrogen) atoms. The molecular weight excluding hydrogens is 410 g/mol. The summed E-state index contributed by atoms with van der Waals surface area (Å²) in [6.45, 7) is 0. The Bertz CT molecular complexity index is 637. The highest BCUT2D eigenvalue weighted by molar-refractivity contribution is 14.1. The highest BCUT2D eigenvalue weighted by Crippen LogP contribution is 2.29. The molecule has 2 nitrogen and oxygen atoms in total. The van der Waals surface area contributed by atoms with Crippen LogP contribution in [0, 0.1) is 20.7 Å². The van der Waals surface area contributed by atoms with Gasteiger partial charge in [0.25, 0.3) is 0 Å². The monoisotopic (exact) mass is 416 g/mol. The van der Waals surface area contributed by atoms with Crippen molar-refractivity contribution in [3.8, 4) is 6.07 Å². The van der Waals surface area contributed by atoms with Crippen LogP contribution in [0.25, 0.3) is 0 Å². The lowest BCUT2D eigenvalue weighted by atomic mass is 10.2. The van der Waals surface area contributed by atoms with Gasteiger partial charge in [-0.15, -0.1) is 0 Å². The van der Waals surface area contributed by atoms with Crippen LogP contribution in [0.1, 0.15) is 5.56 Å². The van der Waals surface area contributed by atoms with Crippen LogP contribution in [-0.4, -0.2) is 0 Å². The van der Waals surface area contributed by atoms with Crippen molar-refractivity contribution in [1.29, 1.82) is 5.26 Å². The van der Waals surface area contributed by atoms with Crippen molar-refractivity contribution in [3.63, 3.8) is 0 Å². The number of hydrogen-bond acceptors (Lipinski definition) is 2. The van der Waals surface area contributed by atoms with Gasteiger partial charge in [0, 0.05) is 8.04 Å². The Morgan fingerprint density at radius 1 is 1.22 bits per heavy atom. The zero-order valence-electron chi connectivity index (χ0n) is 9.05. The molecular formula is C13H7BrFIN2. The summed E-state index contributed by atoms with van der Waals surface area (Å²) in [5.41, 5.74) is 1.99. The van der Waals surface area contributed by atoms with Crippen molar-refractivity contribution in [1.82, 2.24) is 0 Å². The first-order chi connectivity index (χ1) is 8.61. The number of nitriles is 1. The molecule has 0 aromatic heterocycles. The maximum atomic E-state index is 13.0. The lowest BCUT2D eigenvalue weighted by Gasteiger charge is -2.11. The molecule has 5 heteroatoms. The molecule has 2 rings (SSSR count). The molecule has 0 heterocycles. The first-order valence-electron chi connectivity index (χ1n) is 5.02. The van der Waals surface area contributed by atoms with Gasteiger partial charge in [0.15, 0.2) is 0 Å². The van der Waals surface area contributed by atoms with Gasteiger partial charge in [-0.3, -0.25) is 0 Å². The van der Waals surface area contributed by atoms with E-state index in [1.54, 1.807) is 12.1 Å². The third-order valence-electron chi connectivity index (χ3n) is 2.33. The number of nitrogens with one attached hydrogen (secondary N) is 1. The van der Waals surface area contributed by atoms with E-state index in [9.17, 15) is 4.39 Å². The van der Waals surface area contributed by atoms with E-state index in [-0.39, 0.29) is 5.82 Å². The minimum absolute atomic E-state index is 0.278. The lowest BCUT2D eigenvalue weighted by Crippen LogP contribution is -1.96. The fourth-order valence-electron chi connectivity index (χ4n) is 1.48. The molecule has 0 bridgehead atoms. The van der Waals surface area contributed by atoms with Gasteiger partial charge in [-0.2, -0.15) is 5.26 Å². The molecule has 0 unspecified atom stereocenters. The van der Waals surface area contributed by atoms with Crippen LogP contribution in [0.5, 0.6) is 0 Å².